The SMILES string of the molecule is CC(C)n1nnnc1C(/C=C/C(O)CC(O)CC(=O)O)=C(c1ccc(F)cc1)c1ccc(F)cc1. The zero-order chi connectivity index (χ0) is 25.5. The molecule has 0 aliphatic carbocycles. The van der Waals surface area contributed by atoms with E-state index in [4.69, 9.17) is 5.11 Å². The first-order chi connectivity index (χ1) is 16.7. The molecule has 0 radical (unpaired) electrons. The minimum atomic E-state index is -1.24. The molecule has 184 valence electrons. The molecule has 2 unspecified atom stereocenters. The van der Waals surface area contributed by atoms with Gasteiger partial charge in [0.15, 0.2) is 5.82 Å². The molecule has 0 saturated carbocycles. The lowest BCUT2D eigenvalue weighted by atomic mass is 9.91. The maximum atomic E-state index is 13.7. The highest BCUT2D eigenvalue weighted by Crippen LogP contribution is 2.33. The Bertz CT molecular complexity index is 1160. The third kappa shape index (κ3) is 6.87. The van der Waals surface area contributed by atoms with Crippen LogP contribution in [0.25, 0.3) is 11.1 Å². The Kier molecular flexibility index (Phi) is 8.56. The number of rotatable bonds is 10. The quantitative estimate of drug-likeness (QED) is 0.376. The zero-order valence-corrected chi connectivity index (χ0v) is 19.2. The fourth-order valence-corrected chi connectivity index (χ4v) is 3.55. The molecule has 0 spiro atoms. The Morgan fingerprint density at radius 3 is 2.03 bits per heavy atom. The van der Waals surface area contributed by atoms with E-state index in [0.29, 0.717) is 28.1 Å². The van der Waals surface area contributed by atoms with E-state index in [9.17, 15) is 23.8 Å². The molecule has 2 atom stereocenters. The van der Waals surface area contributed by atoms with Gasteiger partial charge in [-0.2, -0.15) is 0 Å². The molecule has 2 aromatic carbocycles. The van der Waals surface area contributed by atoms with Gasteiger partial charge < -0.3 is 15.3 Å². The molecule has 0 aliphatic rings. The predicted octanol–water partition coefficient (Wildman–Crippen LogP) is 3.63. The van der Waals surface area contributed by atoms with Crippen molar-refractivity contribution in [2.24, 2.45) is 0 Å². The summed E-state index contributed by atoms with van der Waals surface area (Å²) in [5.74, 6) is -1.70. The van der Waals surface area contributed by atoms with Crippen molar-refractivity contribution in [2.45, 2.75) is 44.9 Å². The molecule has 0 saturated heterocycles. The number of aromatic nitrogens is 4. The number of aliphatic hydroxyl groups is 2. The molecule has 1 heterocycles. The van der Waals surface area contributed by atoms with Crippen molar-refractivity contribution in [1.29, 1.82) is 0 Å². The van der Waals surface area contributed by atoms with Crippen molar-refractivity contribution in [2.75, 3.05) is 0 Å². The normalized spacial score (nSPS) is 13.2. The molecule has 0 bridgehead atoms. The van der Waals surface area contributed by atoms with Crippen LogP contribution in [0, 0.1) is 11.6 Å². The summed E-state index contributed by atoms with van der Waals surface area (Å²) in [7, 11) is 0. The number of carbonyl (C=O) groups is 1. The Morgan fingerprint density at radius 1 is 1.00 bits per heavy atom. The summed E-state index contributed by atoms with van der Waals surface area (Å²) in [6.07, 6.45) is -0.166. The number of halogens is 2. The van der Waals surface area contributed by atoms with Crippen molar-refractivity contribution in [3.8, 4) is 0 Å². The van der Waals surface area contributed by atoms with Gasteiger partial charge >= 0.3 is 5.97 Å². The molecule has 8 nitrogen and oxygen atoms in total. The van der Waals surface area contributed by atoms with E-state index in [1.165, 1.54) is 30.3 Å². The summed E-state index contributed by atoms with van der Waals surface area (Å²) in [6, 6.07) is 11.3. The lowest BCUT2D eigenvalue weighted by Gasteiger charge is -2.16. The molecule has 0 fully saturated rings. The third-order valence-electron chi connectivity index (χ3n) is 5.17. The molecule has 3 N–H and O–H groups in total. The highest BCUT2D eigenvalue weighted by Gasteiger charge is 2.20. The minimum absolute atomic E-state index is 0.131. The summed E-state index contributed by atoms with van der Waals surface area (Å²) < 4.78 is 29.0. The number of aliphatic hydroxyl groups excluding tert-OH is 2. The molecule has 0 aliphatic heterocycles. The van der Waals surface area contributed by atoms with Crippen molar-refractivity contribution in [3.05, 3.63) is 89.3 Å². The zero-order valence-electron chi connectivity index (χ0n) is 19.2. The maximum absolute atomic E-state index is 13.7. The molecule has 10 heteroatoms. The van der Waals surface area contributed by atoms with Crippen LogP contribution in [0.2, 0.25) is 0 Å². The van der Waals surface area contributed by atoms with Crippen LogP contribution in [0.5, 0.6) is 0 Å². The van der Waals surface area contributed by atoms with Crippen LogP contribution in [0.4, 0.5) is 8.78 Å². The first kappa shape index (κ1) is 25.9. The number of nitrogens with zero attached hydrogens (tertiary/aromatic N) is 4. The van der Waals surface area contributed by atoms with Crippen molar-refractivity contribution < 1.29 is 28.9 Å². The number of carboxylic acid groups (broad SMARTS) is 1. The predicted molar refractivity (Wildman–Crippen MR) is 125 cm³/mol. The Hall–Kier alpha value is -3.76. The number of tetrazole rings is 1. The molecular weight excluding hydrogens is 458 g/mol. The van der Waals surface area contributed by atoms with Crippen LogP contribution < -0.4 is 0 Å². The van der Waals surface area contributed by atoms with Gasteiger partial charge in [-0.05, 0) is 65.2 Å². The number of aliphatic carboxylic acids is 1. The average molecular weight is 485 g/mol. The smallest absolute Gasteiger partial charge is 0.305 e. The van der Waals surface area contributed by atoms with Gasteiger partial charge in [0.2, 0.25) is 0 Å². The average Bonchev–Trinajstić information content (AvgIpc) is 3.28. The second-order valence-electron chi connectivity index (χ2n) is 8.26. The molecule has 3 rings (SSSR count). The van der Waals surface area contributed by atoms with Gasteiger partial charge in [0.05, 0.1) is 24.7 Å². The maximum Gasteiger partial charge on any atom is 0.305 e. The Balaban J connectivity index is 2.20. The van der Waals surface area contributed by atoms with E-state index in [0.717, 1.165) is 0 Å². The highest BCUT2D eigenvalue weighted by molar-refractivity contribution is 6.00. The van der Waals surface area contributed by atoms with E-state index in [2.05, 4.69) is 15.5 Å². The first-order valence-corrected chi connectivity index (χ1v) is 11.0. The second-order valence-corrected chi connectivity index (χ2v) is 8.26. The van der Waals surface area contributed by atoms with E-state index < -0.39 is 36.2 Å². The summed E-state index contributed by atoms with van der Waals surface area (Å²) in [5.41, 5.74) is 2.19. The van der Waals surface area contributed by atoms with Crippen LogP contribution >= 0.6 is 0 Å². The van der Waals surface area contributed by atoms with Crippen LogP contribution in [-0.2, 0) is 4.79 Å². The summed E-state index contributed by atoms with van der Waals surface area (Å²) in [6.45, 7) is 3.77. The number of carboxylic acids is 1. The lowest BCUT2D eigenvalue weighted by molar-refractivity contribution is -0.139. The van der Waals surface area contributed by atoms with E-state index >= 15 is 0 Å². The molecular formula is C25H26F2N4O4. The molecule has 0 amide bonds. The minimum Gasteiger partial charge on any atom is -0.481 e. The Labute approximate surface area is 200 Å². The van der Waals surface area contributed by atoms with Crippen LogP contribution in [0.1, 0.15) is 49.7 Å². The number of hydrogen-bond donors (Lipinski definition) is 3. The molecule has 1 aromatic heterocycles. The highest BCUT2D eigenvalue weighted by atomic mass is 19.1. The fourth-order valence-electron chi connectivity index (χ4n) is 3.55. The largest absolute Gasteiger partial charge is 0.481 e. The van der Waals surface area contributed by atoms with Crippen molar-refractivity contribution in [3.63, 3.8) is 0 Å². The van der Waals surface area contributed by atoms with Gasteiger partial charge in [0.25, 0.3) is 0 Å². The van der Waals surface area contributed by atoms with E-state index in [-0.39, 0.29) is 12.5 Å². The number of hydrogen-bond acceptors (Lipinski definition) is 6. The van der Waals surface area contributed by atoms with Gasteiger partial charge in [-0.25, -0.2) is 13.5 Å². The van der Waals surface area contributed by atoms with Crippen LogP contribution in [0.15, 0.2) is 60.7 Å². The molecule has 3 aromatic rings. The van der Waals surface area contributed by atoms with Gasteiger partial charge in [0, 0.05) is 12.0 Å². The molecule has 35 heavy (non-hydrogen) atoms. The van der Waals surface area contributed by atoms with Gasteiger partial charge in [-0.15, -0.1) is 5.10 Å². The summed E-state index contributed by atoms with van der Waals surface area (Å²) >= 11 is 0. The van der Waals surface area contributed by atoms with E-state index in [1.54, 1.807) is 35.0 Å². The third-order valence-corrected chi connectivity index (χ3v) is 5.17. The summed E-state index contributed by atoms with van der Waals surface area (Å²) in [4.78, 5) is 10.8. The summed E-state index contributed by atoms with van der Waals surface area (Å²) in [5, 5.41) is 41.1. The van der Waals surface area contributed by atoms with E-state index in [1.807, 2.05) is 13.8 Å². The standard InChI is InChI=1S/C25H26F2N4O4/c1-15(2)31-25(28-29-30-31)22(12-11-20(32)13-21(33)14-23(34)35)24(16-3-7-18(26)8-4-16)17-5-9-19(27)10-6-17/h3-12,15,20-21,32-33H,13-14H2,1-2H3,(H,34,35)/b12-11+. The topological polar surface area (TPSA) is 121 Å². The van der Waals surface area contributed by atoms with Crippen molar-refractivity contribution >= 4 is 17.1 Å². The van der Waals surface area contributed by atoms with Gasteiger partial charge in [-0.3, -0.25) is 4.79 Å². The van der Waals surface area contributed by atoms with Gasteiger partial charge in [-0.1, -0.05) is 36.4 Å². The second kappa shape index (κ2) is 11.6. The van der Waals surface area contributed by atoms with Crippen LogP contribution in [0.3, 0.4) is 0 Å². The van der Waals surface area contributed by atoms with Crippen molar-refractivity contribution in [1.82, 2.24) is 20.2 Å². The van der Waals surface area contributed by atoms with Gasteiger partial charge in [0.1, 0.15) is 11.6 Å². The lowest BCUT2D eigenvalue weighted by Crippen LogP contribution is -2.19. The Morgan fingerprint density at radius 2 is 1.54 bits per heavy atom. The number of benzene rings is 2. The fraction of sp³-hybridized carbons (Fsp3) is 0.280. The first-order valence-electron chi connectivity index (χ1n) is 11.0. The van der Waals surface area contributed by atoms with Crippen LogP contribution in [-0.4, -0.2) is 53.7 Å². The monoisotopic (exact) mass is 484 g/mol. The number of allylic oxidation sites excluding steroid dienone is 2.